The van der Waals surface area contributed by atoms with Crippen LogP contribution in [0.1, 0.15) is 26.3 Å². The predicted molar refractivity (Wildman–Crippen MR) is 91.9 cm³/mol. The molecule has 1 N–H and O–H groups in total. The van der Waals surface area contributed by atoms with Crippen molar-refractivity contribution in [1.82, 2.24) is 0 Å². The van der Waals surface area contributed by atoms with Crippen molar-refractivity contribution >= 4 is 29.6 Å². The third-order valence-corrected chi connectivity index (χ3v) is 3.81. The van der Waals surface area contributed by atoms with E-state index < -0.39 is 5.97 Å². The fourth-order valence-electron chi connectivity index (χ4n) is 2.44. The zero-order chi connectivity index (χ0) is 17.8. The molecule has 6 nitrogen and oxygen atoms in total. The number of anilines is 1. The van der Waals surface area contributed by atoms with Crippen LogP contribution in [0.3, 0.4) is 0 Å². The van der Waals surface area contributed by atoms with Gasteiger partial charge in [0.1, 0.15) is 6.61 Å². The number of hydrogen-bond donors (Lipinski definition) is 1. The summed E-state index contributed by atoms with van der Waals surface area (Å²) in [6, 6.07) is 12.9. The maximum Gasteiger partial charge on any atom is 0.414 e. The standard InChI is InChI=1S/C19H15NO5/c21-17(10-3-13-1-4-15(5-2-13)18(22)23)14-6-8-16(9-7-14)20-11-12-25-19(20)24/h1-10H,11-12H2,(H,22,23)/b10-3+. The minimum absolute atomic E-state index is 0.183. The summed E-state index contributed by atoms with van der Waals surface area (Å²) < 4.78 is 4.88. The maximum atomic E-state index is 12.2. The highest BCUT2D eigenvalue weighted by molar-refractivity contribution is 6.07. The van der Waals surface area contributed by atoms with E-state index in [0.717, 1.165) is 5.56 Å². The van der Waals surface area contributed by atoms with E-state index >= 15 is 0 Å². The molecule has 2 aromatic rings. The van der Waals surface area contributed by atoms with Crippen molar-refractivity contribution in [3.63, 3.8) is 0 Å². The normalized spacial score (nSPS) is 13.9. The first kappa shape index (κ1) is 16.4. The molecule has 126 valence electrons. The summed E-state index contributed by atoms with van der Waals surface area (Å²) in [6.07, 6.45) is 2.66. The largest absolute Gasteiger partial charge is 0.478 e. The first-order valence-electron chi connectivity index (χ1n) is 7.65. The molecule has 1 aliphatic rings. The van der Waals surface area contributed by atoms with Gasteiger partial charge in [-0.1, -0.05) is 18.2 Å². The molecule has 1 fully saturated rings. The summed E-state index contributed by atoms with van der Waals surface area (Å²) in [5.74, 6) is -1.17. The van der Waals surface area contributed by atoms with Crippen molar-refractivity contribution < 1.29 is 24.2 Å². The Balaban J connectivity index is 1.68. The number of ketones is 1. The van der Waals surface area contributed by atoms with Gasteiger partial charge >= 0.3 is 12.1 Å². The maximum absolute atomic E-state index is 12.2. The number of carbonyl (C=O) groups is 3. The summed E-state index contributed by atoms with van der Waals surface area (Å²) >= 11 is 0. The Labute approximate surface area is 143 Å². The number of carboxylic acids is 1. The molecule has 0 spiro atoms. The molecule has 0 bridgehead atoms. The number of carbonyl (C=O) groups excluding carboxylic acids is 2. The summed E-state index contributed by atoms with van der Waals surface area (Å²) in [7, 11) is 0. The highest BCUT2D eigenvalue weighted by atomic mass is 16.6. The van der Waals surface area contributed by atoms with E-state index in [9.17, 15) is 14.4 Å². The fourth-order valence-corrected chi connectivity index (χ4v) is 2.44. The first-order valence-corrected chi connectivity index (χ1v) is 7.65. The third kappa shape index (κ3) is 3.74. The van der Waals surface area contributed by atoms with Crippen LogP contribution < -0.4 is 4.90 Å². The second-order valence-corrected chi connectivity index (χ2v) is 5.44. The van der Waals surface area contributed by atoms with Crippen LogP contribution in [0, 0.1) is 0 Å². The molecule has 0 atom stereocenters. The Morgan fingerprint density at radius 2 is 1.64 bits per heavy atom. The minimum atomic E-state index is -0.992. The van der Waals surface area contributed by atoms with Crippen LogP contribution in [-0.2, 0) is 4.74 Å². The van der Waals surface area contributed by atoms with Gasteiger partial charge < -0.3 is 9.84 Å². The lowest BCUT2D eigenvalue weighted by Crippen LogP contribution is -2.23. The lowest BCUT2D eigenvalue weighted by molar-refractivity contribution is 0.0696. The number of carboxylic acid groups (broad SMARTS) is 1. The molecule has 1 saturated heterocycles. The average molecular weight is 337 g/mol. The topological polar surface area (TPSA) is 83.9 Å². The molecule has 0 unspecified atom stereocenters. The van der Waals surface area contributed by atoms with Crippen LogP contribution >= 0.6 is 0 Å². The molecule has 0 radical (unpaired) electrons. The molecule has 1 aliphatic heterocycles. The highest BCUT2D eigenvalue weighted by Crippen LogP contribution is 2.19. The molecule has 1 heterocycles. The van der Waals surface area contributed by atoms with Gasteiger partial charge in [-0.05, 0) is 48.0 Å². The van der Waals surface area contributed by atoms with Crippen LogP contribution in [0.2, 0.25) is 0 Å². The van der Waals surface area contributed by atoms with Gasteiger partial charge in [-0.3, -0.25) is 9.69 Å². The number of nitrogens with zero attached hydrogens (tertiary/aromatic N) is 1. The number of allylic oxidation sites excluding steroid dienone is 1. The fraction of sp³-hybridized carbons (Fsp3) is 0.105. The number of rotatable bonds is 5. The number of amides is 1. The van der Waals surface area contributed by atoms with Gasteiger partial charge in [0, 0.05) is 11.3 Å². The molecule has 6 heteroatoms. The van der Waals surface area contributed by atoms with E-state index in [1.165, 1.54) is 23.1 Å². The van der Waals surface area contributed by atoms with Crippen molar-refractivity contribution in [3.8, 4) is 0 Å². The second kappa shape index (κ2) is 7.00. The van der Waals surface area contributed by atoms with Crippen LogP contribution in [0.15, 0.2) is 54.6 Å². The average Bonchev–Trinajstić information content (AvgIpc) is 3.06. The van der Waals surface area contributed by atoms with E-state index in [0.29, 0.717) is 24.4 Å². The number of aromatic carboxylic acids is 1. The van der Waals surface area contributed by atoms with Crippen LogP contribution in [0.5, 0.6) is 0 Å². The van der Waals surface area contributed by atoms with Gasteiger partial charge in [-0.25, -0.2) is 9.59 Å². The van der Waals surface area contributed by atoms with Crippen molar-refractivity contribution in [1.29, 1.82) is 0 Å². The van der Waals surface area contributed by atoms with Gasteiger partial charge in [0.05, 0.1) is 12.1 Å². The van der Waals surface area contributed by atoms with E-state index in [4.69, 9.17) is 9.84 Å². The summed E-state index contributed by atoms with van der Waals surface area (Å²) in [5, 5.41) is 8.86. The van der Waals surface area contributed by atoms with E-state index in [-0.39, 0.29) is 17.4 Å². The lowest BCUT2D eigenvalue weighted by atomic mass is 10.1. The second-order valence-electron chi connectivity index (χ2n) is 5.44. The quantitative estimate of drug-likeness (QED) is 0.669. The molecule has 1 amide bonds. The van der Waals surface area contributed by atoms with Crippen LogP contribution in [0.25, 0.3) is 6.08 Å². The van der Waals surface area contributed by atoms with Crippen LogP contribution in [-0.4, -0.2) is 36.1 Å². The van der Waals surface area contributed by atoms with Gasteiger partial charge in [0.2, 0.25) is 0 Å². The first-order chi connectivity index (χ1) is 12.0. The Morgan fingerprint density at radius 1 is 1.00 bits per heavy atom. The van der Waals surface area contributed by atoms with Crippen molar-refractivity contribution in [2.45, 2.75) is 0 Å². The van der Waals surface area contributed by atoms with E-state index in [2.05, 4.69) is 0 Å². The highest BCUT2D eigenvalue weighted by Gasteiger charge is 2.23. The monoisotopic (exact) mass is 337 g/mol. The van der Waals surface area contributed by atoms with Crippen molar-refractivity contribution in [2.24, 2.45) is 0 Å². The Morgan fingerprint density at radius 3 is 2.20 bits per heavy atom. The zero-order valence-corrected chi connectivity index (χ0v) is 13.2. The number of hydrogen-bond acceptors (Lipinski definition) is 4. The lowest BCUT2D eigenvalue weighted by Gasteiger charge is -2.12. The van der Waals surface area contributed by atoms with Crippen molar-refractivity contribution in [3.05, 3.63) is 71.3 Å². The summed E-state index contributed by atoms with van der Waals surface area (Å²) in [5.41, 5.74) is 2.11. The Bertz CT molecular complexity index is 837. The smallest absolute Gasteiger partial charge is 0.414 e. The molecule has 25 heavy (non-hydrogen) atoms. The zero-order valence-electron chi connectivity index (χ0n) is 13.2. The molecule has 0 saturated carbocycles. The Kier molecular flexibility index (Phi) is 4.61. The molecule has 3 rings (SSSR count). The molecule has 0 aliphatic carbocycles. The summed E-state index contributed by atoms with van der Waals surface area (Å²) in [6.45, 7) is 0.862. The van der Waals surface area contributed by atoms with Gasteiger partial charge in [0.15, 0.2) is 5.78 Å². The summed E-state index contributed by atoms with van der Waals surface area (Å²) in [4.78, 5) is 36.0. The van der Waals surface area contributed by atoms with Crippen molar-refractivity contribution in [2.75, 3.05) is 18.1 Å². The number of benzene rings is 2. The SMILES string of the molecule is O=C(O)c1ccc(/C=C/C(=O)c2ccc(N3CCOC3=O)cc2)cc1. The Hall–Kier alpha value is -3.41. The van der Waals surface area contributed by atoms with Gasteiger partial charge in [0.25, 0.3) is 0 Å². The minimum Gasteiger partial charge on any atom is -0.478 e. The van der Waals surface area contributed by atoms with Gasteiger partial charge in [-0.2, -0.15) is 0 Å². The molecular formula is C19H15NO5. The molecule has 2 aromatic carbocycles. The molecule has 0 aromatic heterocycles. The number of cyclic esters (lactones) is 1. The van der Waals surface area contributed by atoms with E-state index in [1.54, 1.807) is 42.5 Å². The third-order valence-electron chi connectivity index (χ3n) is 3.81. The van der Waals surface area contributed by atoms with Gasteiger partial charge in [-0.15, -0.1) is 0 Å². The number of ether oxygens (including phenoxy) is 1. The molecular weight excluding hydrogens is 322 g/mol. The van der Waals surface area contributed by atoms with Crippen LogP contribution in [0.4, 0.5) is 10.5 Å². The predicted octanol–water partition coefficient (Wildman–Crippen LogP) is 3.24. The van der Waals surface area contributed by atoms with E-state index in [1.807, 2.05) is 0 Å².